The van der Waals surface area contributed by atoms with Crippen molar-refractivity contribution < 1.29 is 37.6 Å². The van der Waals surface area contributed by atoms with Crippen LogP contribution in [-0.2, 0) is 32.7 Å². The van der Waals surface area contributed by atoms with Crippen LogP contribution in [0, 0.1) is 0 Å². The summed E-state index contributed by atoms with van der Waals surface area (Å²) in [5.41, 5.74) is 5.34. The van der Waals surface area contributed by atoms with Gasteiger partial charge in [0, 0.05) is 19.4 Å². The molecule has 0 heterocycles. The number of carbonyl (C=O) groups is 2. The zero-order valence-corrected chi connectivity index (χ0v) is 33.0. The highest BCUT2D eigenvalue weighted by Gasteiger charge is 2.26. The van der Waals surface area contributed by atoms with E-state index in [-0.39, 0.29) is 38.6 Å². The van der Waals surface area contributed by atoms with Crippen LogP contribution in [0.15, 0.2) is 24.3 Å². The molecule has 0 aliphatic carbocycles. The summed E-state index contributed by atoms with van der Waals surface area (Å²) >= 11 is 0. The normalized spacial score (nSPS) is 13.6. The number of esters is 2. The van der Waals surface area contributed by atoms with Gasteiger partial charge in [0.1, 0.15) is 6.61 Å². The average Bonchev–Trinajstić information content (AvgIpc) is 3.10. The van der Waals surface area contributed by atoms with Crippen LogP contribution in [0.3, 0.4) is 0 Å². The summed E-state index contributed by atoms with van der Waals surface area (Å²) in [5, 5.41) is 0. The first-order valence-corrected chi connectivity index (χ1v) is 21.8. The van der Waals surface area contributed by atoms with Crippen molar-refractivity contribution in [1.29, 1.82) is 0 Å². The van der Waals surface area contributed by atoms with Crippen molar-refractivity contribution in [3.63, 3.8) is 0 Å². The lowest BCUT2D eigenvalue weighted by Gasteiger charge is -2.19. The van der Waals surface area contributed by atoms with Crippen molar-refractivity contribution in [2.24, 2.45) is 5.73 Å². The summed E-state index contributed by atoms with van der Waals surface area (Å²) < 4.78 is 32.7. The highest BCUT2D eigenvalue weighted by Crippen LogP contribution is 2.43. The number of hydrogen-bond acceptors (Lipinski definition) is 8. The summed E-state index contributed by atoms with van der Waals surface area (Å²) in [4.78, 5) is 34.8. The number of phosphoric ester groups is 1. The Morgan fingerprint density at radius 1 is 0.600 bits per heavy atom. The number of carbonyl (C=O) groups excluding carboxylic acids is 2. The Kier molecular flexibility index (Phi) is 36.1. The van der Waals surface area contributed by atoms with E-state index in [0.717, 1.165) is 57.8 Å². The van der Waals surface area contributed by atoms with E-state index >= 15 is 0 Å². The Labute approximate surface area is 306 Å². The number of hydrogen-bond donors (Lipinski definition) is 2. The Bertz CT molecular complexity index is 881. The largest absolute Gasteiger partial charge is 0.472 e. The van der Waals surface area contributed by atoms with E-state index in [1.807, 2.05) is 0 Å². The Morgan fingerprint density at radius 2 is 1.04 bits per heavy atom. The van der Waals surface area contributed by atoms with Crippen molar-refractivity contribution in [3.05, 3.63) is 24.3 Å². The number of rotatable bonds is 38. The molecule has 0 aromatic heterocycles. The van der Waals surface area contributed by atoms with E-state index in [1.165, 1.54) is 96.3 Å². The van der Waals surface area contributed by atoms with Gasteiger partial charge in [0.15, 0.2) is 6.10 Å². The predicted molar refractivity (Wildman–Crippen MR) is 206 cm³/mol. The van der Waals surface area contributed by atoms with Gasteiger partial charge in [-0.3, -0.25) is 18.6 Å². The van der Waals surface area contributed by atoms with Gasteiger partial charge in [0.25, 0.3) is 0 Å². The van der Waals surface area contributed by atoms with Crippen molar-refractivity contribution in [3.8, 4) is 0 Å². The van der Waals surface area contributed by atoms with Crippen molar-refractivity contribution in [2.75, 3.05) is 26.4 Å². The minimum Gasteiger partial charge on any atom is -0.462 e. The lowest BCUT2D eigenvalue weighted by Crippen LogP contribution is -2.29. The number of nitrogens with two attached hydrogens (primary N) is 1. The first-order valence-electron chi connectivity index (χ1n) is 20.3. The third-order valence-corrected chi connectivity index (χ3v) is 9.57. The van der Waals surface area contributed by atoms with Gasteiger partial charge in [-0.15, -0.1) is 0 Å². The van der Waals surface area contributed by atoms with E-state index < -0.39 is 26.5 Å². The Hall–Kier alpha value is -1.51. The zero-order chi connectivity index (χ0) is 36.8. The molecule has 0 amide bonds. The van der Waals surface area contributed by atoms with Gasteiger partial charge in [0.05, 0.1) is 13.2 Å². The fraction of sp³-hybridized carbons (Fsp3) is 0.850. The van der Waals surface area contributed by atoms with Crippen molar-refractivity contribution in [2.45, 2.75) is 193 Å². The minimum absolute atomic E-state index is 0.0523. The SMILES string of the molecule is CCCCC/C=C/C/C=C\CCCCCCCC(=O)O[C@H](COC(=O)CCCCCCCCCCCCCCCC)COP(=O)(O)OCCN. The molecule has 0 radical (unpaired) electrons. The van der Waals surface area contributed by atoms with Crippen LogP contribution >= 0.6 is 7.82 Å². The lowest BCUT2D eigenvalue weighted by molar-refractivity contribution is -0.161. The number of allylic oxidation sites excluding steroid dienone is 4. The molecule has 0 aliphatic heterocycles. The second kappa shape index (κ2) is 37.3. The fourth-order valence-electron chi connectivity index (χ4n) is 5.55. The second-order valence-electron chi connectivity index (χ2n) is 13.5. The molecule has 0 aromatic carbocycles. The van der Waals surface area contributed by atoms with Crippen molar-refractivity contribution in [1.82, 2.24) is 0 Å². The molecule has 0 bridgehead atoms. The standard InChI is InChI=1S/C40H76NO8P/c1-3-5-7-9-11-13-15-17-19-21-23-25-27-29-31-33-40(43)49-38(37-48-50(44,45)47-35-34-41)36-46-39(42)32-30-28-26-24-22-20-18-16-14-12-10-8-6-4-2/h11,13,17,19,38H,3-10,12,14-16,18,20-37,41H2,1-2H3,(H,44,45)/b13-11+,19-17-/t38-/m1/s1. The van der Waals surface area contributed by atoms with Crippen LogP contribution in [0.25, 0.3) is 0 Å². The maximum atomic E-state index is 12.5. The van der Waals surface area contributed by atoms with Gasteiger partial charge in [-0.05, 0) is 44.9 Å². The van der Waals surface area contributed by atoms with Gasteiger partial charge < -0.3 is 20.1 Å². The number of unbranched alkanes of at least 4 members (excludes halogenated alkanes) is 21. The first-order chi connectivity index (χ1) is 24.3. The molecule has 3 N–H and O–H groups in total. The Morgan fingerprint density at radius 3 is 1.56 bits per heavy atom. The third-order valence-electron chi connectivity index (χ3n) is 8.59. The molecule has 294 valence electrons. The van der Waals surface area contributed by atoms with Crippen LogP contribution in [-0.4, -0.2) is 49.3 Å². The summed E-state index contributed by atoms with van der Waals surface area (Å²) in [7, 11) is -4.37. The molecule has 0 rings (SSSR count). The highest BCUT2D eigenvalue weighted by atomic mass is 31.2. The molecule has 0 aromatic rings. The second-order valence-corrected chi connectivity index (χ2v) is 15.0. The molecule has 9 nitrogen and oxygen atoms in total. The molecule has 10 heteroatoms. The third kappa shape index (κ3) is 36.3. The quantitative estimate of drug-likeness (QED) is 0.0275. The molecule has 2 atom stereocenters. The molecular formula is C40H76NO8P. The molecular weight excluding hydrogens is 653 g/mol. The average molecular weight is 730 g/mol. The van der Waals surface area contributed by atoms with E-state index in [0.29, 0.717) is 6.42 Å². The molecule has 0 aliphatic rings. The predicted octanol–water partition coefficient (Wildman–Crippen LogP) is 11.2. The minimum atomic E-state index is -4.37. The van der Waals surface area contributed by atoms with Crippen LogP contribution < -0.4 is 5.73 Å². The van der Waals surface area contributed by atoms with E-state index in [4.69, 9.17) is 24.3 Å². The van der Waals surface area contributed by atoms with Crippen LogP contribution in [0.4, 0.5) is 0 Å². The topological polar surface area (TPSA) is 134 Å². The molecule has 0 saturated carbocycles. The molecule has 0 spiro atoms. The van der Waals surface area contributed by atoms with Gasteiger partial charge in [0.2, 0.25) is 0 Å². The summed E-state index contributed by atoms with van der Waals surface area (Å²) in [6, 6.07) is 0. The molecule has 1 unspecified atom stereocenters. The van der Waals surface area contributed by atoms with Crippen LogP contribution in [0.2, 0.25) is 0 Å². The maximum Gasteiger partial charge on any atom is 0.472 e. The van der Waals surface area contributed by atoms with Gasteiger partial charge in [-0.25, -0.2) is 4.57 Å². The summed E-state index contributed by atoms with van der Waals surface area (Å²) in [6.07, 6.45) is 37.7. The van der Waals surface area contributed by atoms with Gasteiger partial charge in [-0.2, -0.15) is 0 Å². The van der Waals surface area contributed by atoms with Gasteiger partial charge in [-0.1, -0.05) is 154 Å². The van der Waals surface area contributed by atoms with Crippen LogP contribution in [0.5, 0.6) is 0 Å². The zero-order valence-electron chi connectivity index (χ0n) is 32.1. The number of phosphoric acid groups is 1. The van der Waals surface area contributed by atoms with E-state index in [2.05, 4.69) is 38.2 Å². The maximum absolute atomic E-state index is 12.5. The van der Waals surface area contributed by atoms with E-state index in [9.17, 15) is 19.0 Å². The Balaban J connectivity index is 4.20. The summed E-state index contributed by atoms with van der Waals surface area (Å²) in [6.45, 7) is 3.69. The summed E-state index contributed by atoms with van der Waals surface area (Å²) in [5.74, 6) is -0.840. The lowest BCUT2D eigenvalue weighted by atomic mass is 10.0. The number of ether oxygens (including phenoxy) is 2. The first kappa shape index (κ1) is 48.5. The van der Waals surface area contributed by atoms with Crippen molar-refractivity contribution >= 4 is 19.8 Å². The molecule has 50 heavy (non-hydrogen) atoms. The molecule has 0 fully saturated rings. The van der Waals surface area contributed by atoms with Crippen LogP contribution in [0.1, 0.15) is 187 Å². The monoisotopic (exact) mass is 730 g/mol. The molecule has 0 saturated heterocycles. The van der Waals surface area contributed by atoms with Gasteiger partial charge >= 0.3 is 19.8 Å². The highest BCUT2D eigenvalue weighted by molar-refractivity contribution is 7.47. The smallest absolute Gasteiger partial charge is 0.462 e. The fourth-order valence-corrected chi connectivity index (χ4v) is 6.31. The van der Waals surface area contributed by atoms with E-state index in [1.54, 1.807) is 0 Å².